The van der Waals surface area contributed by atoms with Gasteiger partial charge in [0.2, 0.25) is 0 Å². The number of rotatable bonds is 9. The van der Waals surface area contributed by atoms with Crippen molar-refractivity contribution in [3.8, 4) is 0 Å². The SMILES string of the molecule is [B]OC(=O)C1=C(CI)CS(=O)[C@@H]2[C@H](NC(=O)/C(=N\OC(C)(C)C(C)=O)c3csc(NC(=O)OC(C)(C)C)n3)C(=O)N12. The average molecular weight is 719 g/mol. The summed E-state index contributed by atoms with van der Waals surface area (Å²) >= 11 is 2.92. The highest BCUT2D eigenvalue weighted by Crippen LogP contribution is 2.36. The van der Waals surface area contributed by atoms with Crippen LogP contribution >= 0.6 is 33.9 Å². The Morgan fingerprint density at radius 1 is 1.27 bits per heavy atom. The van der Waals surface area contributed by atoms with Crippen LogP contribution in [0.5, 0.6) is 0 Å². The fraction of sp³-hybridized carbons (Fsp3) is 0.522. The first-order chi connectivity index (χ1) is 19.0. The van der Waals surface area contributed by atoms with E-state index in [9.17, 15) is 28.2 Å². The van der Waals surface area contributed by atoms with Gasteiger partial charge in [0.15, 0.2) is 22.2 Å². The number of β-lactam (4-membered cyclic amide) rings is 1. The zero-order chi connectivity index (χ0) is 30.9. The van der Waals surface area contributed by atoms with Crippen LogP contribution in [0.2, 0.25) is 0 Å². The molecular weight excluding hydrogens is 692 g/mol. The first-order valence-corrected chi connectivity index (χ1v) is 15.7. The molecule has 0 spiro atoms. The number of halogens is 1. The van der Waals surface area contributed by atoms with Crippen LogP contribution in [0.15, 0.2) is 21.8 Å². The van der Waals surface area contributed by atoms with Crippen LogP contribution in [0.1, 0.15) is 47.2 Å². The van der Waals surface area contributed by atoms with E-state index >= 15 is 0 Å². The normalized spacial score (nSPS) is 21.0. The molecule has 1 unspecified atom stereocenters. The summed E-state index contributed by atoms with van der Waals surface area (Å²) in [5.74, 6) is -3.04. The number of carbonyl (C=O) groups is 5. The Labute approximate surface area is 257 Å². The van der Waals surface area contributed by atoms with Gasteiger partial charge in [-0.3, -0.25) is 28.8 Å². The van der Waals surface area contributed by atoms with Crippen LogP contribution < -0.4 is 10.6 Å². The van der Waals surface area contributed by atoms with Crippen molar-refractivity contribution in [3.63, 3.8) is 0 Å². The number of aromatic nitrogens is 1. The van der Waals surface area contributed by atoms with Crippen molar-refractivity contribution in [1.82, 2.24) is 15.2 Å². The molecule has 1 saturated heterocycles. The molecule has 3 rings (SSSR count). The van der Waals surface area contributed by atoms with E-state index in [4.69, 9.17) is 17.6 Å². The second-order valence-corrected chi connectivity index (χ2v) is 13.5. The minimum Gasteiger partial charge on any atom is -0.539 e. The van der Waals surface area contributed by atoms with E-state index in [0.29, 0.717) is 10.0 Å². The number of thiazole rings is 1. The lowest BCUT2D eigenvalue weighted by atomic mass is 10.0. The van der Waals surface area contributed by atoms with Gasteiger partial charge in [0.05, 0.1) is 16.6 Å². The molecule has 0 aliphatic carbocycles. The number of amides is 3. The topological polar surface area (TPSA) is 183 Å². The number of fused-ring (bicyclic) bond motifs is 1. The van der Waals surface area contributed by atoms with Gasteiger partial charge >= 0.3 is 20.1 Å². The summed E-state index contributed by atoms with van der Waals surface area (Å²) < 4.78 is 22.8. The Hall–Kier alpha value is -2.87. The first kappa shape index (κ1) is 32.6. The van der Waals surface area contributed by atoms with E-state index in [2.05, 4.69) is 25.4 Å². The summed E-state index contributed by atoms with van der Waals surface area (Å²) in [5.41, 5.74) is -2.34. The molecule has 18 heteroatoms. The first-order valence-electron chi connectivity index (χ1n) is 11.9. The second-order valence-electron chi connectivity index (χ2n) is 10.3. The van der Waals surface area contributed by atoms with Crippen molar-refractivity contribution in [1.29, 1.82) is 0 Å². The summed E-state index contributed by atoms with van der Waals surface area (Å²) in [5, 5.41) is 9.19. The fourth-order valence-electron chi connectivity index (χ4n) is 3.47. The van der Waals surface area contributed by atoms with Gasteiger partial charge in [0.25, 0.3) is 11.8 Å². The number of Topliss-reactive ketones (excluding diaryl/α,β-unsaturated/α-hetero) is 1. The Morgan fingerprint density at radius 2 is 1.93 bits per heavy atom. The third kappa shape index (κ3) is 7.32. The molecule has 2 radical (unpaired) electrons. The molecule has 41 heavy (non-hydrogen) atoms. The molecule has 3 heterocycles. The number of hydrogen-bond donors (Lipinski definition) is 2. The van der Waals surface area contributed by atoms with Gasteiger partial charge in [0, 0.05) is 9.81 Å². The van der Waals surface area contributed by atoms with Gasteiger partial charge in [-0.15, -0.1) is 11.3 Å². The van der Waals surface area contributed by atoms with Crippen LogP contribution in [0.25, 0.3) is 0 Å². The molecule has 1 aromatic heterocycles. The number of hydrogen-bond acceptors (Lipinski definition) is 12. The molecule has 1 aromatic rings. The van der Waals surface area contributed by atoms with Gasteiger partial charge in [-0.05, 0) is 47.1 Å². The number of anilines is 1. The molecular formula is C23H27BIN5O9S2. The lowest BCUT2D eigenvalue weighted by molar-refractivity contribution is -0.149. The number of nitrogens with one attached hydrogen (secondary N) is 2. The van der Waals surface area contributed by atoms with Crippen molar-refractivity contribution < 1.29 is 42.4 Å². The largest absolute Gasteiger partial charge is 0.539 e. The number of ether oxygens (including phenoxy) is 1. The second kappa shape index (κ2) is 12.6. The summed E-state index contributed by atoms with van der Waals surface area (Å²) in [7, 11) is 3.37. The molecule has 2 aliphatic heterocycles. The van der Waals surface area contributed by atoms with Crippen molar-refractivity contribution in [2.24, 2.45) is 5.16 Å². The van der Waals surface area contributed by atoms with Gasteiger partial charge in [0.1, 0.15) is 28.4 Å². The van der Waals surface area contributed by atoms with Gasteiger partial charge in [-0.25, -0.2) is 14.6 Å². The number of ketones is 1. The maximum atomic E-state index is 13.4. The van der Waals surface area contributed by atoms with Gasteiger partial charge < -0.3 is 19.5 Å². The molecule has 3 atom stereocenters. The van der Waals surface area contributed by atoms with E-state index in [-0.39, 0.29) is 28.1 Å². The lowest BCUT2D eigenvalue weighted by Crippen LogP contribution is -2.74. The predicted molar refractivity (Wildman–Crippen MR) is 158 cm³/mol. The van der Waals surface area contributed by atoms with E-state index in [1.165, 1.54) is 26.2 Å². The van der Waals surface area contributed by atoms with E-state index in [1.807, 2.05) is 22.6 Å². The lowest BCUT2D eigenvalue weighted by Gasteiger charge is -2.49. The molecule has 3 amide bonds. The average Bonchev–Trinajstić information content (AvgIpc) is 3.32. The van der Waals surface area contributed by atoms with Crippen molar-refractivity contribution in [2.45, 2.75) is 64.2 Å². The number of nitrogens with zero attached hydrogens (tertiary/aromatic N) is 3. The van der Waals surface area contributed by atoms with Crippen LogP contribution in [-0.4, -0.2) is 90.3 Å². The summed E-state index contributed by atoms with van der Waals surface area (Å²) in [4.78, 5) is 73.4. The molecule has 14 nitrogen and oxygen atoms in total. The molecule has 220 valence electrons. The van der Waals surface area contributed by atoms with Gasteiger partial charge in [-0.1, -0.05) is 27.7 Å². The molecule has 0 bridgehead atoms. The third-order valence-electron chi connectivity index (χ3n) is 5.74. The van der Waals surface area contributed by atoms with E-state index in [1.54, 1.807) is 20.8 Å². The van der Waals surface area contributed by atoms with E-state index < -0.39 is 63.0 Å². The minimum absolute atomic E-state index is 0.0309. The molecule has 0 aromatic carbocycles. The van der Waals surface area contributed by atoms with Gasteiger partial charge in [-0.2, -0.15) is 0 Å². The number of alkyl halides is 1. The Bertz CT molecular complexity index is 1370. The van der Waals surface area contributed by atoms with Crippen LogP contribution in [0.3, 0.4) is 0 Å². The Morgan fingerprint density at radius 3 is 2.49 bits per heavy atom. The van der Waals surface area contributed by atoms with Crippen molar-refractivity contribution in [2.75, 3.05) is 15.5 Å². The summed E-state index contributed by atoms with van der Waals surface area (Å²) in [6, 6.07) is -1.29. The zero-order valence-electron chi connectivity index (χ0n) is 22.9. The number of carbonyl (C=O) groups excluding carboxylic acids is 5. The quantitative estimate of drug-likeness (QED) is 0.0943. The highest BCUT2D eigenvalue weighted by Gasteiger charge is 2.57. The molecule has 0 saturated carbocycles. The number of oxime groups is 1. The Kier molecular flexibility index (Phi) is 10.0. The highest BCUT2D eigenvalue weighted by atomic mass is 127. The van der Waals surface area contributed by atoms with E-state index in [0.717, 1.165) is 16.2 Å². The monoisotopic (exact) mass is 719 g/mol. The maximum Gasteiger partial charge on any atom is 0.413 e. The zero-order valence-corrected chi connectivity index (χ0v) is 26.7. The third-order valence-corrected chi connectivity index (χ3v) is 9.07. The summed E-state index contributed by atoms with van der Waals surface area (Å²) in [6.45, 7) is 9.22. The molecule has 2 aliphatic rings. The fourth-order valence-corrected chi connectivity index (χ4v) is 6.83. The van der Waals surface area contributed by atoms with Crippen LogP contribution in [-0.2, 0) is 44.2 Å². The standard InChI is InChI=1S/C23H27BIN5O9S2/c1-10(31)23(5,6)39-29-13(12-8-40-20(26-12)28-21(35)37-22(2,3)4)16(32)27-14-17(33)30-15(19(34)38-24)11(7-25)9-41(36)18(14)30/h8,14,18H,7,9H2,1-6H3,(H,27,32)(H,26,28,35)/b29-13-/t14-,18-,41?/m1/s1. The smallest absolute Gasteiger partial charge is 0.413 e. The maximum absolute atomic E-state index is 13.4. The van der Waals surface area contributed by atoms with Crippen LogP contribution in [0, 0.1) is 0 Å². The molecule has 2 N–H and O–H groups in total. The molecule has 1 fully saturated rings. The van der Waals surface area contributed by atoms with Crippen molar-refractivity contribution >= 4 is 93.3 Å². The minimum atomic E-state index is -1.67. The Balaban J connectivity index is 1.89. The van der Waals surface area contributed by atoms with Crippen molar-refractivity contribution in [3.05, 3.63) is 22.3 Å². The predicted octanol–water partition coefficient (Wildman–Crippen LogP) is 1.31. The highest BCUT2D eigenvalue weighted by molar-refractivity contribution is 14.1. The van der Waals surface area contributed by atoms with Crippen LogP contribution in [0.4, 0.5) is 9.93 Å². The summed E-state index contributed by atoms with van der Waals surface area (Å²) in [6.07, 6.45) is -0.777.